The summed E-state index contributed by atoms with van der Waals surface area (Å²) in [5.74, 6) is 0. The summed E-state index contributed by atoms with van der Waals surface area (Å²) in [5.41, 5.74) is 2.73. The van der Waals surface area contributed by atoms with Gasteiger partial charge in [-0.3, -0.25) is 0 Å². The molecule has 0 aromatic carbocycles. The minimum atomic E-state index is -0.149. The first-order valence-electron chi connectivity index (χ1n) is 5.30. The largest absolute Gasteiger partial charge is 0.493 e. The van der Waals surface area contributed by atoms with Crippen molar-refractivity contribution in [2.45, 2.75) is 20.3 Å². The summed E-state index contributed by atoms with van der Waals surface area (Å²) in [6.45, 7) is 5.86. The predicted octanol–water partition coefficient (Wildman–Crippen LogP) is 2.74. The molecule has 0 atom stereocenters. The highest BCUT2D eigenvalue weighted by Crippen LogP contribution is 2.29. The molecule has 1 aliphatic heterocycles. The van der Waals surface area contributed by atoms with E-state index in [1.807, 2.05) is 0 Å². The van der Waals surface area contributed by atoms with Crippen molar-refractivity contribution < 1.29 is 9.31 Å². The van der Waals surface area contributed by atoms with E-state index in [-0.39, 0.29) is 12.5 Å². The normalized spacial score (nSPS) is 25.1. The zero-order valence-corrected chi connectivity index (χ0v) is 10.8. The lowest BCUT2D eigenvalue weighted by Gasteiger charge is -2.33. The van der Waals surface area contributed by atoms with Gasteiger partial charge in [0.05, 0.1) is 0 Å². The number of rotatable bonds is 2. The minimum absolute atomic E-state index is 0.147. The molecule has 2 nitrogen and oxygen atoms in total. The van der Waals surface area contributed by atoms with Gasteiger partial charge in [0, 0.05) is 24.0 Å². The molecule has 4 heteroatoms. The summed E-state index contributed by atoms with van der Waals surface area (Å²) >= 11 is 3.50. The van der Waals surface area contributed by atoms with Crippen LogP contribution in [0.4, 0.5) is 0 Å². The zero-order valence-electron chi connectivity index (χ0n) is 9.25. The van der Waals surface area contributed by atoms with Gasteiger partial charge in [-0.2, -0.15) is 0 Å². The fourth-order valence-electron chi connectivity index (χ4n) is 1.81. The van der Waals surface area contributed by atoms with Gasteiger partial charge in [0.15, 0.2) is 0 Å². The van der Waals surface area contributed by atoms with Crippen LogP contribution >= 0.6 is 15.9 Å². The standard InChI is InChI=1S/C11H16BBrO2/c1-11(2)7-14-12(15-8-11)10-5-3-4-9(10)6-13/h3,5H,4,6-8H2,1-2H3. The molecule has 1 heterocycles. The second-order valence-electron chi connectivity index (χ2n) is 4.92. The van der Waals surface area contributed by atoms with Gasteiger partial charge in [0.1, 0.15) is 0 Å². The van der Waals surface area contributed by atoms with Gasteiger partial charge in [0.2, 0.25) is 0 Å². The summed E-state index contributed by atoms with van der Waals surface area (Å²) < 4.78 is 11.5. The van der Waals surface area contributed by atoms with Crippen LogP contribution in [0.3, 0.4) is 0 Å². The average molecular weight is 271 g/mol. The van der Waals surface area contributed by atoms with E-state index in [0.29, 0.717) is 0 Å². The monoisotopic (exact) mass is 270 g/mol. The van der Waals surface area contributed by atoms with Crippen molar-refractivity contribution >= 4 is 23.0 Å². The lowest BCUT2D eigenvalue weighted by Crippen LogP contribution is -2.41. The third-order valence-electron chi connectivity index (χ3n) is 2.74. The first-order chi connectivity index (χ1) is 7.12. The molecular formula is C11H16BBrO2. The highest BCUT2D eigenvalue weighted by atomic mass is 79.9. The molecule has 82 valence electrons. The van der Waals surface area contributed by atoms with Crippen molar-refractivity contribution in [1.29, 1.82) is 0 Å². The first kappa shape index (κ1) is 11.4. The Hall–Kier alpha value is -0.0551. The molecular weight excluding hydrogens is 255 g/mol. The molecule has 1 fully saturated rings. The van der Waals surface area contributed by atoms with Gasteiger partial charge >= 0.3 is 7.12 Å². The third-order valence-corrected chi connectivity index (χ3v) is 3.41. The van der Waals surface area contributed by atoms with E-state index in [9.17, 15) is 0 Å². The van der Waals surface area contributed by atoms with Gasteiger partial charge in [-0.15, -0.1) is 0 Å². The summed E-state index contributed by atoms with van der Waals surface area (Å²) in [4.78, 5) is 0. The highest BCUT2D eigenvalue weighted by molar-refractivity contribution is 9.09. The molecule has 0 N–H and O–H groups in total. The van der Waals surface area contributed by atoms with Crippen LogP contribution in [0.5, 0.6) is 0 Å². The Labute approximate surface area is 100.0 Å². The predicted molar refractivity (Wildman–Crippen MR) is 66.0 cm³/mol. The van der Waals surface area contributed by atoms with Crippen LogP contribution in [0.1, 0.15) is 20.3 Å². The third kappa shape index (κ3) is 2.55. The number of hydrogen-bond acceptors (Lipinski definition) is 2. The molecule has 0 aromatic heterocycles. The Bertz CT molecular complexity index is 300. The molecule has 0 aromatic rings. The summed E-state index contributed by atoms with van der Waals surface area (Å²) in [6.07, 6.45) is 5.31. The number of alkyl halides is 1. The molecule has 2 rings (SSSR count). The topological polar surface area (TPSA) is 18.5 Å². The van der Waals surface area contributed by atoms with E-state index in [0.717, 1.165) is 25.0 Å². The Morgan fingerprint density at radius 1 is 1.40 bits per heavy atom. The van der Waals surface area contributed by atoms with Crippen LogP contribution in [0, 0.1) is 5.41 Å². The van der Waals surface area contributed by atoms with Gasteiger partial charge in [-0.1, -0.05) is 47.5 Å². The number of hydrogen-bond donors (Lipinski definition) is 0. The summed E-state index contributed by atoms with van der Waals surface area (Å²) in [6, 6.07) is 0. The lowest BCUT2D eigenvalue weighted by molar-refractivity contribution is 0.0325. The maximum Gasteiger partial charge on any atom is 0.493 e. The number of allylic oxidation sites excluding steroid dienone is 4. The van der Waals surface area contributed by atoms with E-state index in [4.69, 9.17) is 9.31 Å². The fourth-order valence-corrected chi connectivity index (χ4v) is 2.37. The second kappa shape index (κ2) is 4.44. The van der Waals surface area contributed by atoms with Crippen molar-refractivity contribution in [1.82, 2.24) is 0 Å². The highest BCUT2D eigenvalue weighted by Gasteiger charge is 2.35. The maximum atomic E-state index is 5.76. The maximum absolute atomic E-state index is 5.76. The Morgan fingerprint density at radius 3 is 2.67 bits per heavy atom. The second-order valence-corrected chi connectivity index (χ2v) is 5.48. The molecule has 0 spiro atoms. The van der Waals surface area contributed by atoms with Crippen LogP contribution in [-0.2, 0) is 9.31 Å². The van der Waals surface area contributed by atoms with E-state index in [2.05, 4.69) is 41.9 Å². The van der Waals surface area contributed by atoms with Crippen LogP contribution in [-0.4, -0.2) is 25.7 Å². The Kier molecular flexibility index (Phi) is 3.38. The summed E-state index contributed by atoms with van der Waals surface area (Å²) in [7, 11) is -0.149. The van der Waals surface area contributed by atoms with Crippen LogP contribution < -0.4 is 0 Å². The van der Waals surface area contributed by atoms with Gasteiger partial charge in [-0.25, -0.2) is 0 Å². The van der Waals surface area contributed by atoms with Crippen molar-refractivity contribution in [3.63, 3.8) is 0 Å². The van der Waals surface area contributed by atoms with E-state index >= 15 is 0 Å². The molecule has 0 amide bonds. The summed E-state index contributed by atoms with van der Waals surface area (Å²) in [5, 5.41) is 0.905. The van der Waals surface area contributed by atoms with Gasteiger partial charge in [-0.05, 0) is 11.9 Å². The molecule has 0 saturated carbocycles. The van der Waals surface area contributed by atoms with Crippen LogP contribution in [0.25, 0.3) is 0 Å². The molecule has 0 bridgehead atoms. The van der Waals surface area contributed by atoms with Crippen molar-refractivity contribution in [2.75, 3.05) is 18.5 Å². The Balaban J connectivity index is 2.04. The Morgan fingerprint density at radius 2 is 2.07 bits per heavy atom. The van der Waals surface area contributed by atoms with E-state index < -0.39 is 0 Å². The van der Waals surface area contributed by atoms with Crippen molar-refractivity contribution in [3.8, 4) is 0 Å². The molecule has 1 saturated heterocycles. The van der Waals surface area contributed by atoms with E-state index in [1.165, 1.54) is 11.0 Å². The molecule has 15 heavy (non-hydrogen) atoms. The van der Waals surface area contributed by atoms with Crippen molar-refractivity contribution in [3.05, 3.63) is 23.2 Å². The van der Waals surface area contributed by atoms with Gasteiger partial charge < -0.3 is 9.31 Å². The molecule has 0 unspecified atom stereocenters. The SMILES string of the molecule is CC1(C)COB(C2=C(CBr)CC=C2)OC1. The minimum Gasteiger partial charge on any atom is -0.407 e. The number of halogens is 1. The molecule has 2 aliphatic rings. The van der Waals surface area contributed by atoms with Crippen LogP contribution in [0.2, 0.25) is 0 Å². The van der Waals surface area contributed by atoms with Crippen molar-refractivity contribution in [2.24, 2.45) is 5.41 Å². The average Bonchev–Trinajstić information content (AvgIpc) is 2.65. The van der Waals surface area contributed by atoms with Crippen LogP contribution in [0.15, 0.2) is 23.2 Å². The first-order valence-corrected chi connectivity index (χ1v) is 6.42. The molecule has 0 radical (unpaired) electrons. The smallest absolute Gasteiger partial charge is 0.407 e. The van der Waals surface area contributed by atoms with Gasteiger partial charge in [0.25, 0.3) is 0 Å². The fraction of sp³-hybridized carbons (Fsp3) is 0.636. The van der Waals surface area contributed by atoms with E-state index in [1.54, 1.807) is 0 Å². The molecule has 1 aliphatic carbocycles. The zero-order chi connectivity index (χ0) is 10.9. The lowest BCUT2D eigenvalue weighted by atomic mass is 9.74. The quantitative estimate of drug-likeness (QED) is 0.568.